The summed E-state index contributed by atoms with van der Waals surface area (Å²) in [6, 6.07) is 15.5. The van der Waals surface area contributed by atoms with E-state index in [0.717, 1.165) is 30.5 Å². The third-order valence-corrected chi connectivity index (χ3v) is 4.85. The molecule has 1 aliphatic rings. The molecule has 0 saturated carbocycles. The number of benzene rings is 1. The molecule has 1 aromatic carbocycles. The number of aromatic nitrogens is 3. The minimum Gasteiger partial charge on any atom is -0.484 e. The van der Waals surface area contributed by atoms with E-state index in [9.17, 15) is 4.79 Å². The normalized spacial score (nSPS) is 14.2. The van der Waals surface area contributed by atoms with E-state index in [2.05, 4.69) is 15.1 Å². The van der Waals surface area contributed by atoms with Gasteiger partial charge in [-0.15, -0.1) is 10.2 Å². The minimum atomic E-state index is 0.00858. The Morgan fingerprint density at radius 3 is 2.21 bits per heavy atom. The van der Waals surface area contributed by atoms with Gasteiger partial charge in [0.25, 0.3) is 5.91 Å². The molecule has 0 aliphatic carbocycles. The zero-order chi connectivity index (χ0) is 19.3. The number of amides is 1. The lowest BCUT2D eigenvalue weighted by molar-refractivity contribution is -0.133. The molecular weight excluding hydrogens is 354 g/mol. The molecule has 0 unspecified atom stereocenters. The second-order valence-corrected chi connectivity index (χ2v) is 6.81. The molecule has 144 valence electrons. The fourth-order valence-corrected chi connectivity index (χ4v) is 3.17. The van der Waals surface area contributed by atoms with Gasteiger partial charge in [0.15, 0.2) is 18.2 Å². The summed E-state index contributed by atoms with van der Waals surface area (Å²) in [5, 5.41) is 8.63. The smallest absolute Gasteiger partial charge is 0.260 e. The van der Waals surface area contributed by atoms with Crippen molar-refractivity contribution in [2.75, 3.05) is 37.7 Å². The maximum atomic E-state index is 12.4. The van der Waals surface area contributed by atoms with Gasteiger partial charge in [0.05, 0.1) is 0 Å². The number of ether oxygens (including phenoxy) is 1. The van der Waals surface area contributed by atoms with Crippen LogP contribution < -0.4 is 9.64 Å². The number of aryl methyl sites for hydroxylation is 1. The molecule has 3 aromatic rings. The second kappa shape index (κ2) is 8.12. The van der Waals surface area contributed by atoms with Crippen LogP contribution in [-0.4, -0.2) is 58.4 Å². The molecule has 7 heteroatoms. The van der Waals surface area contributed by atoms with Gasteiger partial charge in [-0.05, 0) is 43.3 Å². The predicted octanol–water partition coefficient (Wildman–Crippen LogP) is 2.30. The minimum absolute atomic E-state index is 0.00858. The van der Waals surface area contributed by atoms with Crippen LogP contribution in [0.15, 0.2) is 60.9 Å². The first-order chi connectivity index (χ1) is 13.7. The zero-order valence-electron chi connectivity index (χ0n) is 15.9. The summed E-state index contributed by atoms with van der Waals surface area (Å²) in [6.07, 6.45) is 3.87. The largest absolute Gasteiger partial charge is 0.484 e. The Balaban J connectivity index is 1.28. The van der Waals surface area contributed by atoms with Crippen LogP contribution in [0.5, 0.6) is 5.75 Å². The third-order valence-electron chi connectivity index (χ3n) is 4.85. The summed E-state index contributed by atoms with van der Waals surface area (Å²) < 4.78 is 7.52. The summed E-state index contributed by atoms with van der Waals surface area (Å²) in [4.78, 5) is 16.4. The molecule has 1 amide bonds. The van der Waals surface area contributed by atoms with Gasteiger partial charge in [-0.3, -0.25) is 4.79 Å². The summed E-state index contributed by atoms with van der Waals surface area (Å²) >= 11 is 0. The molecule has 0 N–H and O–H groups in total. The van der Waals surface area contributed by atoms with E-state index in [1.807, 2.05) is 77.3 Å². The summed E-state index contributed by atoms with van der Waals surface area (Å²) in [5.74, 6) is 2.35. The maximum Gasteiger partial charge on any atom is 0.260 e. The van der Waals surface area contributed by atoms with E-state index < -0.39 is 0 Å². The summed E-state index contributed by atoms with van der Waals surface area (Å²) in [5.41, 5.74) is 1.17. The molecule has 3 heterocycles. The lowest BCUT2D eigenvalue weighted by atomic mass is 10.2. The first-order valence-corrected chi connectivity index (χ1v) is 9.38. The van der Waals surface area contributed by atoms with Gasteiger partial charge in [0.2, 0.25) is 0 Å². The van der Waals surface area contributed by atoms with Crippen LogP contribution in [-0.2, 0) is 4.79 Å². The average molecular weight is 377 g/mol. The van der Waals surface area contributed by atoms with Gasteiger partial charge in [0, 0.05) is 38.6 Å². The predicted molar refractivity (Wildman–Crippen MR) is 107 cm³/mol. The van der Waals surface area contributed by atoms with E-state index in [0.29, 0.717) is 13.1 Å². The first kappa shape index (κ1) is 18.0. The number of rotatable bonds is 5. The van der Waals surface area contributed by atoms with Gasteiger partial charge in [-0.25, -0.2) is 0 Å². The van der Waals surface area contributed by atoms with Crippen molar-refractivity contribution >= 4 is 11.7 Å². The number of piperazine rings is 1. The van der Waals surface area contributed by atoms with Crippen LogP contribution in [0.2, 0.25) is 0 Å². The van der Waals surface area contributed by atoms with Gasteiger partial charge in [-0.2, -0.15) is 0 Å². The molecule has 2 aromatic heterocycles. The maximum absolute atomic E-state index is 12.4. The molecule has 1 aliphatic heterocycles. The lowest BCUT2D eigenvalue weighted by Gasteiger charge is -2.35. The molecule has 0 bridgehead atoms. The number of carbonyl (C=O) groups excluding carboxylic acids is 1. The summed E-state index contributed by atoms with van der Waals surface area (Å²) in [7, 11) is 0. The number of hydrogen-bond acceptors (Lipinski definition) is 5. The van der Waals surface area contributed by atoms with E-state index in [4.69, 9.17) is 4.74 Å². The number of hydrogen-bond donors (Lipinski definition) is 0. The Kier molecular flexibility index (Phi) is 5.23. The van der Waals surface area contributed by atoms with Crippen molar-refractivity contribution in [1.29, 1.82) is 0 Å². The van der Waals surface area contributed by atoms with Crippen molar-refractivity contribution in [3.8, 4) is 11.6 Å². The SMILES string of the molecule is Cc1ccc(OCC(=O)N2CCN(c3ccc(-n4cccc4)nn3)CC2)cc1. The zero-order valence-corrected chi connectivity index (χ0v) is 15.9. The van der Waals surface area contributed by atoms with Crippen LogP contribution in [0.3, 0.4) is 0 Å². The second-order valence-electron chi connectivity index (χ2n) is 6.81. The Morgan fingerprint density at radius 1 is 0.929 bits per heavy atom. The molecule has 28 heavy (non-hydrogen) atoms. The van der Waals surface area contributed by atoms with Crippen molar-refractivity contribution in [2.24, 2.45) is 0 Å². The topological polar surface area (TPSA) is 63.5 Å². The Bertz CT molecular complexity index is 899. The standard InChI is InChI=1S/C21H23N5O2/c1-17-4-6-18(7-5-17)28-16-21(27)26-14-12-25(13-15-26)20-9-8-19(22-23-20)24-10-2-3-11-24/h2-11H,12-16H2,1H3. The van der Waals surface area contributed by atoms with Gasteiger partial charge in [-0.1, -0.05) is 17.7 Å². The highest BCUT2D eigenvalue weighted by molar-refractivity contribution is 5.78. The number of anilines is 1. The molecule has 0 radical (unpaired) electrons. The van der Waals surface area contributed by atoms with Crippen LogP contribution in [0.4, 0.5) is 5.82 Å². The van der Waals surface area contributed by atoms with Crippen molar-refractivity contribution in [1.82, 2.24) is 19.7 Å². The molecular formula is C21H23N5O2. The fraction of sp³-hybridized carbons (Fsp3) is 0.286. The van der Waals surface area contributed by atoms with Crippen LogP contribution >= 0.6 is 0 Å². The molecule has 0 atom stereocenters. The third kappa shape index (κ3) is 4.14. The average Bonchev–Trinajstić information content (AvgIpc) is 3.28. The van der Waals surface area contributed by atoms with Crippen LogP contribution in [0.1, 0.15) is 5.56 Å². The Labute approximate surface area is 164 Å². The lowest BCUT2D eigenvalue weighted by Crippen LogP contribution is -2.50. The van der Waals surface area contributed by atoms with Crippen molar-refractivity contribution in [3.05, 3.63) is 66.5 Å². The van der Waals surface area contributed by atoms with E-state index in [1.54, 1.807) is 0 Å². The Morgan fingerprint density at radius 2 is 1.57 bits per heavy atom. The van der Waals surface area contributed by atoms with Crippen LogP contribution in [0.25, 0.3) is 5.82 Å². The molecule has 1 fully saturated rings. The van der Waals surface area contributed by atoms with Crippen molar-refractivity contribution in [2.45, 2.75) is 6.92 Å². The quantitative estimate of drug-likeness (QED) is 0.683. The Hall–Kier alpha value is -3.35. The highest BCUT2D eigenvalue weighted by Gasteiger charge is 2.22. The number of carbonyl (C=O) groups is 1. The van der Waals surface area contributed by atoms with Crippen LogP contribution in [0, 0.1) is 6.92 Å². The molecule has 4 rings (SSSR count). The van der Waals surface area contributed by atoms with E-state index >= 15 is 0 Å². The number of nitrogens with zero attached hydrogens (tertiary/aromatic N) is 5. The molecule has 0 spiro atoms. The fourth-order valence-electron chi connectivity index (χ4n) is 3.17. The van der Waals surface area contributed by atoms with Gasteiger partial charge < -0.3 is 19.1 Å². The van der Waals surface area contributed by atoms with Gasteiger partial charge in [0.1, 0.15) is 5.75 Å². The van der Waals surface area contributed by atoms with E-state index in [-0.39, 0.29) is 12.5 Å². The molecule has 7 nitrogen and oxygen atoms in total. The van der Waals surface area contributed by atoms with Crippen molar-refractivity contribution < 1.29 is 9.53 Å². The highest BCUT2D eigenvalue weighted by Crippen LogP contribution is 2.15. The first-order valence-electron chi connectivity index (χ1n) is 9.38. The molecule has 1 saturated heterocycles. The summed E-state index contributed by atoms with van der Waals surface area (Å²) in [6.45, 7) is 4.84. The van der Waals surface area contributed by atoms with E-state index in [1.165, 1.54) is 5.56 Å². The highest BCUT2D eigenvalue weighted by atomic mass is 16.5. The van der Waals surface area contributed by atoms with Crippen molar-refractivity contribution in [3.63, 3.8) is 0 Å². The van der Waals surface area contributed by atoms with Gasteiger partial charge >= 0.3 is 0 Å². The monoisotopic (exact) mass is 377 g/mol.